The minimum absolute atomic E-state index is 0.143. The highest BCUT2D eigenvalue weighted by atomic mass is 35.5. The summed E-state index contributed by atoms with van der Waals surface area (Å²) in [6.07, 6.45) is 7.76. The maximum atomic E-state index is 12.2. The van der Waals surface area contributed by atoms with Crippen LogP contribution in [0, 0.1) is 12.3 Å². The molecule has 0 aliphatic carbocycles. The molecule has 1 amide bonds. The fraction of sp³-hybridized carbons (Fsp3) is 0.176. The van der Waals surface area contributed by atoms with Gasteiger partial charge in [-0.15, -0.1) is 6.42 Å². The average molecular weight is 409 g/mol. The number of sulfonamides is 1. The molecule has 2 rings (SSSR count). The maximum Gasteiger partial charge on any atom is 0.278 e. The summed E-state index contributed by atoms with van der Waals surface area (Å²) < 4.78 is 25.0. The first-order valence-corrected chi connectivity index (χ1v) is 9.70. The number of terminal acetylenes is 1. The van der Waals surface area contributed by atoms with Gasteiger partial charge in [0, 0.05) is 18.8 Å². The first-order valence-electron chi connectivity index (χ1n) is 7.47. The van der Waals surface area contributed by atoms with E-state index in [4.69, 9.17) is 18.0 Å². The first-order chi connectivity index (χ1) is 12.7. The van der Waals surface area contributed by atoms with Gasteiger partial charge in [0.1, 0.15) is 5.15 Å². The van der Waals surface area contributed by atoms with Gasteiger partial charge in [0.15, 0.2) is 0 Å². The Hall–Kier alpha value is -2.80. The van der Waals surface area contributed by atoms with Crippen LogP contribution < -0.4 is 15.1 Å². The number of hydroxylamine groups is 1. The van der Waals surface area contributed by atoms with Crippen molar-refractivity contribution >= 4 is 44.6 Å². The molecule has 2 aromatic rings. The molecule has 1 aromatic carbocycles. The summed E-state index contributed by atoms with van der Waals surface area (Å²) in [4.78, 5) is 20.7. The fourth-order valence-electron chi connectivity index (χ4n) is 2.17. The van der Waals surface area contributed by atoms with Gasteiger partial charge in [0.2, 0.25) is 10.0 Å². The van der Waals surface area contributed by atoms with Crippen LogP contribution in [0.25, 0.3) is 0 Å². The molecule has 1 aromatic heterocycles. The molecule has 2 N–H and O–H groups in total. The standard InChI is InChI=1S/C17H17ClN4O4S/c1-5-11-6-7-13(15(8-11)22(2)27(4,24)25)20-14-9-16(18)19-10-12(14)17(23)21-26-3/h1,6-10H,2-4H3,(H,19,20)(H,21,23). The summed E-state index contributed by atoms with van der Waals surface area (Å²) in [7, 11) is -0.857. The van der Waals surface area contributed by atoms with Crippen LogP contribution in [-0.2, 0) is 14.9 Å². The number of hydrogen-bond donors (Lipinski definition) is 2. The monoisotopic (exact) mass is 408 g/mol. The number of nitrogens with zero attached hydrogens (tertiary/aromatic N) is 2. The van der Waals surface area contributed by atoms with Crippen LogP contribution >= 0.6 is 11.6 Å². The van der Waals surface area contributed by atoms with Crippen molar-refractivity contribution in [2.75, 3.05) is 30.0 Å². The number of carbonyl (C=O) groups is 1. The van der Waals surface area contributed by atoms with Crippen LogP contribution in [0.1, 0.15) is 15.9 Å². The molecule has 0 atom stereocenters. The second kappa shape index (κ2) is 8.26. The molecule has 0 spiro atoms. The number of rotatable bonds is 6. The maximum absolute atomic E-state index is 12.2. The van der Waals surface area contributed by atoms with Crippen molar-refractivity contribution in [1.29, 1.82) is 0 Å². The summed E-state index contributed by atoms with van der Waals surface area (Å²) >= 11 is 5.94. The van der Waals surface area contributed by atoms with Crippen LogP contribution in [0.4, 0.5) is 17.1 Å². The molecule has 8 nitrogen and oxygen atoms in total. The zero-order valence-corrected chi connectivity index (χ0v) is 16.4. The van der Waals surface area contributed by atoms with Crippen molar-refractivity contribution in [2.45, 2.75) is 0 Å². The zero-order valence-electron chi connectivity index (χ0n) is 14.8. The number of benzene rings is 1. The van der Waals surface area contributed by atoms with Crippen molar-refractivity contribution in [3.05, 3.63) is 46.7 Å². The molecule has 10 heteroatoms. The number of nitrogens with one attached hydrogen (secondary N) is 2. The van der Waals surface area contributed by atoms with Crippen molar-refractivity contribution in [2.24, 2.45) is 0 Å². The average Bonchev–Trinajstić information content (AvgIpc) is 2.61. The van der Waals surface area contributed by atoms with Crippen molar-refractivity contribution in [3.63, 3.8) is 0 Å². The van der Waals surface area contributed by atoms with E-state index in [0.717, 1.165) is 10.6 Å². The molecule has 0 fully saturated rings. The van der Waals surface area contributed by atoms with Crippen LogP contribution in [0.2, 0.25) is 5.15 Å². The molecule has 1 heterocycles. The lowest BCUT2D eigenvalue weighted by molar-refractivity contribution is 0.0538. The smallest absolute Gasteiger partial charge is 0.278 e. The largest absolute Gasteiger partial charge is 0.353 e. The third kappa shape index (κ3) is 4.89. The quantitative estimate of drug-likeness (QED) is 0.431. The van der Waals surface area contributed by atoms with Gasteiger partial charge in [-0.3, -0.25) is 13.9 Å². The molecule has 0 aliphatic heterocycles. The molecule has 0 bridgehead atoms. The van der Waals surface area contributed by atoms with Crippen molar-refractivity contribution in [1.82, 2.24) is 10.5 Å². The fourth-order valence-corrected chi connectivity index (χ4v) is 2.84. The van der Waals surface area contributed by atoms with Gasteiger partial charge in [-0.05, 0) is 24.3 Å². The van der Waals surface area contributed by atoms with Gasteiger partial charge < -0.3 is 5.32 Å². The topological polar surface area (TPSA) is 101 Å². The van der Waals surface area contributed by atoms with E-state index in [0.29, 0.717) is 22.6 Å². The van der Waals surface area contributed by atoms with Gasteiger partial charge in [-0.25, -0.2) is 18.9 Å². The zero-order chi connectivity index (χ0) is 20.2. The Bertz CT molecular complexity index is 1020. The van der Waals surface area contributed by atoms with Gasteiger partial charge in [0.25, 0.3) is 5.91 Å². The third-order valence-corrected chi connectivity index (χ3v) is 4.98. The van der Waals surface area contributed by atoms with Crippen LogP contribution in [0.5, 0.6) is 0 Å². The lowest BCUT2D eigenvalue weighted by atomic mass is 10.1. The molecular formula is C17H17ClN4O4S. The van der Waals surface area contributed by atoms with E-state index in [1.54, 1.807) is 18.2 Å². The lowest BCUT2D eigenvalue weighted by Gasteiger charge is -2.22. The van der Waals surface area contributed by atoms with Gasteiger partial charge in [-0.1, -0.05) is 17.5 Å². The summed E-state index contributed by atoms with van der Waals surface area (Å²) in [6.45, 7) is 0. The van der Waals surface area contributed by atoms with E-state index in [2.05, 4.69) is 26.5 Å². The minimum atomic E-state index is -3.55. The van der Waals surface area contributed by atoms with Crippen LogP contribution in [-0.4, -0.2) is 39.7 Å². The second-order valence-corrected chi connectivity index (χ2v) is 7.82. The van der Waals surface area contributed by atoms with Gasteiger partial charge >= 0.3 is 0 Å². The Morgan fingerprint density at radius 1 is 1.33 bits per heavy atom. The predicted molar refractivity (Wildman–Crippen MR) is 105 cm³/mol. The van der Waals surface area contributed by atoms with E-state index >= 15 is 0 Å². The van der Waals surface area contributed by atoms with E-state index in [1.807, 2.05) is 0 Å². The Morgan fingerprint density at radius 3 is 2.63 bits per heavy atom. The Kier molecular flexibility index (Phi) is 6.28. The van der Waals surface area contributed by atoms with E-state index in [1.165, 1.54) is 26.4 Å². The summed E-state index contributed by atoms with van der Waals surface area (Å²) in [5.41, 5.74) is 3.85. The minimum Gasteiger partial charge on any atom is -0.353 e. The normalized spacial score (nSPS) is 10.8. The highest BCUT2D eigenvalue weighted by Crippen LogP contribution is 2.32. The lowest BCUT2D eigenvalue weighted by Crippen LogP contribution is -2.26. The SMILES string of the molecule is C#Cc1ccc(Nc2cc(Cl)ncc2C(=O)NOC)c(N(C)S(C)(=O)=O)c1. The molecule has 0 aliphatic rings. The Labute approximate surface area is 162 Å². The molecular weight excluding hydrogens is 392 g/mol. The molecule has 0 saturated heterocycles. The number of anilines is 3. The summed E-state index contributed by atoms with van der Waals surface area (Å²) in [6, 6.07) is 6.23. The molecule has 0 saturated carbocycles. The number of aromatic nitrogens is 1. The van der Waals surface area contributed by atoms with E-state index in [9.17, 15) is 13.2 Å². The third-order valence-electron chi connectivity index (χ3n) is 3.58. The number of carbonyl (C=O) groups excluding carboxylic acids is 1. The number of pyridine rings is 1. The molecule has 27 heavy (non-hydrogen) atoms. The predicted octanol–water partition coefficient (Wildman–Crippen LogP) is 2.15. The Morgan fingerprint density at radius 2 is 2.04 bits per heavy atom. The van der Waals surface area contributed by atoms with Crippen LogP contribution in [0.15, 0.2) is 30.5 Å². The number of halogens is 1. The highest BCUT2D eigenvalue weighted by molar-refractivity contribution is 7.92. The van der Waals surface area contributed by atoms with E-state index < -0.39 is 15.9 Å². The summed E-state index contributed by atoms with van der Waals surface area (Å²) in [5.74, 6) is 1.91. The van der Waals surface area contributed by atoms with Crippen molar-refractivity contribution < 1.29 is 18.0 Å². The van der Waals surface area contributed by atoms with Crippen LogP contribution in [0.3, 0.4) is 0 Å². The highest BCUT2D eigenvalue weighted by Gasteiger charge is 2.19. The number of hydrogen-bond acceptors (Lipinski definition) is 6. The molecule has 142 valence electrons. The van der Waals surface area contributed by atoms with E-state index in [-0.39, 0.29) is 10.7 Å². The summed E-state index contributed by atoms with van der Waals surface area (Å²) in [5, 5.41) is 3.15. The van der Waals surface area contributed by atoms with Crippen molar-refractivity contribution in [3.8, 4) is 12.3 Å². The molecule has 0 radical (unpaired) electrons. The first kappa shape index (κ1) is 20.5. The Balaban J connectivity index is 2.57. The second-order valence-electron chi connectivity index (χ2n) is 5.42. The van der Waals surface area contributed by atoms with Gasteiger partial charge in [-0.2, -0.15) is 0 Å². The number of amides is 1. The van der Waals surface area contributed by atoms with Gasteiger partial charge in [0.05, 0.1) is 36.0 Å². The molecule has 0 unspecified atom stereocenters.